The number of sulfonamides is 1. The van der Waals surface area contributed by atoms with E-state index in [1.807, 2.05) is 38.1 Å². The van der Waals surface area contributed by atoms with E-state index in [1.165, 1.54) is 4.31 Å². The van der Waals surface area contributed by atoms with Crippen molar-refractivity contribution >= 4 is 15.7 Å². The van der Waals surface area contributed by atoms with E-state index in [1.54, 1.807) is 31.3 Å². The topological polar surface area (TPSA) is 37.4 Å². The molecule has 0 saturated heterocycles. The van der Waals surface area contributed by atoms with Crippen LogP contribution in [0.4, 0.5) is 5.69 Å². The van der Waals surface area contributed by atoms with Crippen LogP contribution >= 0.6 is 0 Å². The molecule has 0 heterocycles. The average Bonchev–Trinajstić information content (AvgIpc) is 2.38. The second kappa shape index (κ2) is 5.05. The smallest absolute Gasteiger partial charge is 0.264 e. The Bertz CT molecular complexity index is 693. The molecule has 2 aromatic carbocycles. The minimum absolute atomic E-state index is 0.316. The third-order valence-corrected chi connectivity index (χ3v) is 4.79. The second-order valence-corrected chi connectivity index (χ2v) is 6.60. The van der Waals surface area contributed by atoms with Gasteiger partial charge in [-0.1, -0.05) is 24.3 Å². The van der Waals surface area contributed by atoms with Crippen LogP contribution in [0.3, 0.4) is 0 Å². The van der Waals surface area contributed by atoms with Crippen molar-refractivity contribution in [1.29, 1.82) is 0 Å². The molecule has 0 fully saturated rings. The molecule has 0 amide bonds. The molecule has 0 aliphatic carbocycles. The number of hydrogen-bond donors (Lipinski definition) is 0. The zero-order valence-corrected chi connectivity index (χ0v) is 12.1. The molecule has 2 aromatic rings. The lowest BCUT2D eigenvalue weighted by Crippen LogP contribution is -2.26. The first kappa shape index (κ1) is 13.6. The average molecular weight is 275 g/mol. The van der Waals surface area contributed by atoms with Crippen LogP contribution in [0.1, 0.15) is 11.1 Å². The van der Waals surface area contributed by atoms with E-state index in [2.05, 4.69) is 0 Å². The zero-order valence-electron chi connectivity index (χ0n) is 11.3. The van der Waals surface area contributed by atoms with Crippen molar-refractivity contribution in [2.45, 2.75) is 18.7 Å². The minimum Gasteiger partial charge on any atom is -0.269 e. The van der Waals surface area contributed by atoms with Crippen LogP contribution in [0.5, 0.6) is 0 Å². The summed E-state index contributed by atoms with van der Waals surface area (Å²) < 4.78 is 26.4. The fraction of sp³-hybridized carbons (Fsp3) is 0.200. The highest BCUT2D eigenvalue weighted by atomic mass is 32.2. The van der Waals surface area contributed by atoms with Gasteiger partial charge in [-0.15, -0.1) is 0 Å². The maximum Gasteiger partial charge on any atom is 0.264 e. The zero-order chi connectivity index (χ0) is 14.0. The van der Waals surface area contributed by atoms with E-state index < -0.39 is 10.0 Å². The summed E-state index contributed by atoms with van der Waals surface area (Å²) in [7, 11) is -1.92. The van der Waals surface area contributed by atoms with E-state index in [4.69, 9.17) is 0 Å². The first-order chi connectivity index (χ1) is 8.91. The van der Waals surface area contributed by atoms with Crippen LogP contribution in [-0.2, 0) is 10.0 Å². The SMILES string of the molecule is Cc1cccc(N(C)S(=O)(=O)c2cccc(C)c2)c1. The molecule has 0 aromatic heterocycles. The number of anilines is 1. The minimum atomic E-state index is -3.50. The van der Waals surface area contributed by atoms with Gasteiger partial charge in [0.1, 0.15) is 0 Å². The van der Waals surface area contributed by atoms with Gasteiger partial charge in [0.05, 0.1) is 10.6 Å². The summed E-state index contributed by atoms with van der Waals surface area (Å²) >= 11 is 0. The van der Waals surface area contributed by atoms with Crippen molar-refractivity contribution in [3.05, 3.63) is 59.7 Å². The molecule has 0 aliphatic rings. The maximum absolute atomic E-state index is 12.5. The van der Waals surface area contributed by atoms with Crippen molar-refractivity contribution in [3.63, 3.8) is 0 Å². The Morgan fingerprint density at radius 1 is 0.895 bits per heavy atom. The van der Waals surface area contributed by atoms with E-state index in [0.29, 0.717) is 10.6 Å². The van der Waals surface area contributed by atoms with Gasteiger partial charge < -0.3 is 0 Å². The maximum atomic E-state index is 12.5. The summed E-state index contributed by atoms with van der Waals surface area (Å²) in [5.41, 5.74) is 2.63. The van der Waals surface area contributed by atoms with Gasteiger partial charge in [-0.3, -0.25) is 4.31 Å². The van der Waals surface area contributed by atoms with Crippen LogP contribution in [0.15, 0.2) is 53.4 Å². The van der Waals surface area contributed by atoms with Gasteiger partial charge in [0, 0.05) is 7.05 Å². The highest BCUT2D eigenvalue weighted by Gasteiger charge is 2.21. The molecule has 4 heteroatoms. The standard InChI is InChI=1S/C15H17NO2S/c1-12-6-4-8-14(10-12)16(3)19(17,18)15-9-5-7-13(2)11-15/h4-11H,1-3H3. The number of aryl methyl sites for hydroxylation is 2. The lowest BCUT2D eigenvalue weighted by molar-refractivity contribution is 0.594. The molecule has 3 nitrogen and oxygen atoms in total. The van der Waals surface area contributed by atoms with Crippen molar-refractivity contribution in [2.75, 3.05) is 11.4 Å². The summed E-state index contributed by atoms with van der Waals surface area (Å²) in [5.74, 6) is 0. The summed E-state index contributed by atoms with van der Waals surface area (Å²) in [4.78, 5) is 0.316. The van der Waals surface area contributed by atoms with Gasteiger partial charge in [0.25, 0.3) is 10.0 Å². The van der Waals surface area contributed by atoms with Crippen LogP contribution in [0.2, 0.25) is 0 Å². The van der Waals surface area contributed by atoms with Crippen LogP contribution in [0.25, 0.3) is 0 Å². The predicted octanol–water partition coefficient (Wildman–Crippen LogP) is 3.13. The summed E-state index contributed by atoms with van der Waals surface area (Å²) in [5, 5.41) is 0. The van der Waals surface area contributed by atoms with Crippen molar-refractivity contribution in [2.24, 2.45) is 0 Å². The fourth-order valence-electron chi connectivity index (χ4n) is 1.90. The number of hydrogen-bond acceptors (Lipinski definition) is 2. The molecule has 0 bridgehead atoms. The largest absolute Gasteiger partial charge is 0.269 e. The molecule has 0 N–H and O–H groups in total. The van der Waals surface area contributed by atoms with Crippen molar-refractivity contribution in [3.8, 4) is 0 Å². The number of nitrogens with zero attached hydrogens (tertiary/aromatic N) is 1. The van der Waals surface area contributed by atoms with Gasteiger partial charge in [0.15, 0.2) is 0 Å². The van der Waals surface area contributed by atoms with Crippen LogP contribution in [0, 0.1) is 13.8 Å². The summed E-state index contributed by atoms with van der Waals surface area (Å²) in [6.07, 6.45) is 0. The highest BCUT2D eigenvalue weighted by Crippen LogP contribution is 2.23. The lowest BCUT2D eigenvalue weighted by Gasteiger charge is -2.20. The van der Waals surface area contributed by atoms with Crippen molar-refractivity contribution < 1.29 is 8.42 Å². The molecular formula is C15H17NO2S. The first-order valence-corrected chi connectivity index (χ1v) is 7.47. The Balaban J connectivity index is 2.45. The predicted molar refractivity (Wildman–Crippen MR) is 77.9 cm³/mol. The monoisotopic (exact) mass is 275 g/mol. The number of rotatable bonds is 3. The molecule has 0 atom stereocenters. The van der Waals surface area contributed by atoms with Gasteiger partial charge in [0.2, 0.25) is 0 Å². The molecular weight excluding hydrogens is 258 g/mol. The first-order valence-electron chi connectivity index (χ1n) is 6.03. The van der Waals surface area contributed by atoms with Crippen molar-refractivity contribution in [1.82, 2.24) is 0 Å². The molecule has 100 valence electrons. The van der Waals surface area contributed by atoms with E-state index in [9.17, 15) is 8.42 Å². The van der Waals surface area contributed by atoms with Gasteiger partial charge in [-0.2, -0.15) is 0 Å². The van der Waals surface area contributed by atoms with E-state index in [-0.39, 0.29) is 0 Å². The van der Waals surface area contributed by atoms with E-state index >= 15 is 0 Å². The normalized spacial score (nSPS) is 11.3. The van der Waals surface area contributed by atoms with Crippen LogP contribution in [-0.4, -0.2) is 15.5 Å². The molecule has 0 radical (unpaired) electrons. The Morgan fingerprint density at radius 3 is 2.05 bits per heavy atom. The fourth-order valence-corrected chi connectivity index (χ4v) is 3.19. The Morgan fingerprint density at radius 2 is 1.47 bits per heavy atom. The van der Waals surface area contributed by atoms with Gasteiger partial charge >= 0.3 is 0 Å². The quantitative estimate of drug-likeness (QED) is 0.863. The van der Waals surface area contributed by atoms with Crippen LogP contribution < -0.4 is 4.31 Å². The van der Waals surface area contributed by atoms with E-state index in [0.717, 1.165) is 11.1 Å². The Labute approximate surface area is 114 Å². The molecule has 0 unspecified atom stereocenters. The molecule has 19 heavy (non-hydrogen) atoms. The summed E-state index contributed by atoms with van der Waals surface area (Å²) in [6.45, 7) is 3.82. The van der Waals surface area contributed by atoms with Gasteiger partial charge in [-0.25, -0.2) is 8.42 Å². The molecule has 2 rings (SSSR count). The molecule has 0 spiro atoms. The summed E-state index contributed by atoms with van der Waals surface area (Å²) in [6, 6.07) is 14.4. The molecule has 0 aliphatic heterocycles. The van der Waals surface area contributed by atoms with Gasteiger partial charge in [-0.05, 0) is 49.2 Å². The Kier molecular flexibility index (Phi) is 3.62. The molecule has 0 saturated carbocycles. The third-order valence-electron chi connectivity index (χ3n) is 3.01. The second-order valence-electron chi connectivity index (χ2n) is 4.63. The third kappa shape index (κ3) is 2.79. The lowest BCUT2D eigenvalue weighted by atomic mass is 10.2. The highest BCUT2D eigenvalue weighted by molar-refractivity contribution is 7.92. The number of benzene rings is 2. The Hall–Kier alpha value is -1.81.